The number of aryl methyl sites for hydroxylation is 2. The molecule has 20 heavy (non-hydrogen) atoms. The fraction of sp³-hybridized carbons (Fsp3) is 0.471. The number of rotatable bonds is 6. The average Bonchev–Trinajstić information content (AvgIpc) is 2.94. The standard InChI is InChI=1S/C17H24N2O/c1-4-6-16-18-11-12-19(16)13(3)17(20)15-9-7-14(5-2)8-10-15/h7-13,17,20H,4-6H2,1-3H3. The monoisotopic (exact) mass is 272 g/mol. The van der Waals surface area contributed by atoms with Crippen LogP contribution in [-0.2, 0) is 12.8 Å². The first-order chi connectivity index (χ1) is 9.67. The Morgan fingerprint density at radius 1 is 1.20 bits per heavy atom. The van der Waals surface area contributed by atoms with Crippen molar-refractivity contribution in [3.8, 4) is 0 Å². The van der Waals surface area contributed by atoms with Gasteiger partial charge >= 0.3 is 0 Å². The first kappa shape index (κ1) is 14.8. The van der Waals surface area contributed by atoms with Crippen LogP contribution in [0.1, 0.15) is 56.3 Å². The van der Waals surface area contributed by atoms with Crippen LogP contribution in [0.5, 0.6) is 0 Å². The highest BCUT2D eigenvalue weighted by Crippen LogP contribution is 2.27. The summed E-state index contributed by atoms with van der Waals surface area (Å²) in [6.45, 7) is 6.32. The molecule has 108 valence electrons. The van der Waals surface area contributed by atoms with Gasteiger partial charge in [-0.3, -0.25) is 0 Å². The van der Waals surface area contributed by atoms with Crippen molar-refractivity contribution in [3.05, 3.63) is 53.6 Å². The molecule has 2 unspecified atom stereocenters. The Morgan fingerprint density at radius 3 is 2.50 bits per heavy atom. The number of benzene rings is 1. The molecule has 2 rings (SSSR count). The van der Waals surface area contributed by atoms with Gasteiger partial charge in [0.2, 0.25) is 0 Å². The van der Waals surface area contributed by atoms with E-state index >= 15 is 0 Å². The van der Waals surface area contributed by atoms with Gasteiger partial charge in [-0.1, -0.05) is 38.1 Å². The van der Waals surface area contributed by atoms with Crippen LogP contribution in [0.25, 0.3) is 0 Å². The van der Waals surface area contributed by atoms with Gasteiger partial charge < -0.3 is 9.67 Å². The summed E-state index contributed by atoms with van der Waals surface area (Å²) in [5.74, 6) is 1.05. The zero-order valence-corrected chi connectivity index (χ0v) is 12.6. The molecule has 0 radical (unpaired) electrons. The first-order valence-electron chi connectivity index (χ1n) is 7.46. The largest absolute Gasteiger partial charge is 0.386 e. The Balaban J connectivity index is 2.18. The van der Waals surface area contributed by atoms with Gasteiger partial charge in [0, 0.05) is 18.8 Å². The van der Waals surface area contributed by atoms with Gasteiger partial charge in [0.15, 0.2) is 0 Å². The Labute approximate surface area is 121 Å². The van der Waals surface area contributed by atoms with Gasteiger partial charge in [0.1, 0.15) is 5.82 Å². The Morgan fingerprint density at radius 2 is 1.90 bits per heavy atom. The summed E-state index contributed by atoms with van der Waals surface area (Å²) in [5.41, 5.74) is 2.26. The Hall–Kier alpha value is -1.61. The molecule has 1 heterocycles. The molecular weight excluding hydrogens is 248 g/mol. The van der Waals surface area contributed by atoms with E-state index in [2.05, 4.69) is 35.5 Å². The molecular formula is C17H24N2O. The van der Waals surface area contributed by atoms with Gasteiger partial charge in [-0.2, -0.15) is 0 Å². The van der Waals surface area contributed by atoms with E-state index in [-0.39, 0.29) is 6.04 Å². The lowest BCUT2D eigenvalue weighted by Crippen LogP contribution is -2.16. The molecule has 3 nitrogen and oxygen atoms in total. The number of aromatic nitrogens is 2. The zero-order valence-electron chi connectivity index (χ0n) is 12.6. The summed E-state index contributed by atoms with van der Waals surface area (Å²) in [5, 5.41) is 10.6. The quantitative estimate of drug-likeness (QED) is 0.871. The van der Waals surface area contributed by atoms with Crippen LogP contribution in [0, 0.1) is 0 Å². The van der Waals surface area contributed by atoms with E-state index in [1.807, 2.05) is 31.5 Å². The molecule has 0 aliphatic carbocycles. The molecule has 2 atom stereocenters. The second kappa shape index (κ2) is 6.71. The smallest absolute Gasteiger partial charge is 0.108 e. The van der Waals surface area contributed by atoms with Crippen LogP contribution in [0.4, 0.5) is 0 Å². The topological polar surface area (TPSA) is 38.0 Å². The molecule has 1 aromatic heterocycles. The van der Waals surface area contributed by atoms with Gasteiger partial charge in [-0.05, 0) is 30.9 Å². The van der Waals surface area contributed by atoms with Crippen molar-refractivity contribution in [3.63, 3.8) is 0 Å². The second-order valence-electron chi connectivity index (χ2n) is 5.28. The number of nitrogens with zero attached hydrogens (tertiary/aromatic N) is 2. The predicted molar refractivity (Wildman–Crippen MR) is 81.7 cm³/mol. The van der Waals surface area contributed by atoms with E-state index in [0.717, 1.165) is 30.7 Å². The van der Waals surface area contributed by atoms with Crippen molar-refractivity contribution in [1.82, 2.24) is 9.55 Å². The summed E-state index contributed by atoms with van der Waals surface area (Å²) >= 11 is 0. The number of aliphatic hydroxyl groups excluding tert-OH is 1. The molecule has 0 bridgehead atoms. The molecule has 0 saturated carbocycles. The van der Waals surface area contributed by atoms with Crippen molar-refractivity contribution >= 4 is 0 Å². The fourth-order valence-corrected chi connectivity index (χ4v) is 2.51. The van der Waals surface area contributed by atoms with Crippen LogP contribution in [-0.4, -0.2) is 14.7 Å². The molecule has 0 aliphatic heterocycles. The highest BCUT2D eigenvalue weighted by molar-refractivity contribution is 5.25. The molecule has 2 aromatic rings. The lowest BCUT2D eigenvalue weighted by Gasteiger charge is -2.22. The minimum absolute atomic E-state index is 0.00785. The van der Waals surface area contributed by atoms with Crippen LogP contribution >= 0.6 is 0 Å². The molecule has 1 N–H and O–H groups in total. The fourth-order valence-electron chi connectivity index (χ4n) is 2.51. The maximum atomic E-state index is 10.6. The van der Waals surface area contributed by atoms with Crippen molar-refractivity contribution < 1.29 is 5.11 Å². The van der Waals surface area contributed by atoms with E-state index in [1.54, 1.807) is 0 Å². The lowest BCUT2D eigenvalue weighted by molar-refractivity contribution is 0.120. The van der Waals surface area contributed by atoms with Gasteiger partial charge in [-0.25, -0.2) is 4.98 Å². The zero-order chi connectivity index (χ0) is 14.5. The predicted octanol–water partition coefficient (Wildman–Crippen LogP) is 3.69. The minimum Gasteiger partial charge on any atom is -0.386 e. The molecule has 3 heteroatoms. The summed E-state index contributed by atoms with van der Waals surface area (Å²) in [4.78, 5) is 4.38. The molecule has 0 fully saturated rings. The molecule has 0 spiro atoms. The third kappa shape index (κ3) is 3.10. The number of aliphatic hydroxyl groups is 1. The van der Waals surface area contributed by atoms with Gasteiger partial charge in [0.05, 0.1) is 12.1 Å². The van der Waals surface area contributed by atoms with Crippen molar-refractivity contribution in [2.45, 2.75) is 52.2 Å². The van der Waals surface area contributed by atoms with E-state index in [1.165, 1.54) is 5.56 Å². The average molecular weight is 272 g/mol. The van der Waals surface area contributed by atoms with Gasteiger partial charge in [-0.15, -0.1) is 0 Å². The second-order valence-corrected chi connectivity index (χ2v) is 5.28. The number of hydrogen-bond acceptors (Lipinski definition) is 2. The van der Waals surface area contributed by atoms with Crippen LogP contribution < -0.4 is 0 Å². The van der Waals surface area contributed by atoms with Crippen LogP contribution in [0.15, 0.2) is 36.7 Å². The lowest BCUT2D eigenvalue weighted by atomic mass is 10.0. The summed E-state index contributed by atoms with van der Waals surface area (Å²) in [7, 11) is 0. The van der Waals surface area contributed by atoms with E-state index in [4.69, 9.17) is 0 Å². The summed E-state index contributed by atoms with van der Waals surface area (Å²) in [6, 6.07) is 8.22. The maximum Gasteiger partial charge on any atom is 0.108 e. The van der Waals surface area contributed by atoms with Crippen LogP contribution in [0.2, 0.25) is 0 Å². The molecule has 1 aromatic carbocycles. The summed E-state index contributed by atoms with van der Waals surface area (Å²) < 4.78 is 2.09. The number of hydrogen-bond donors (Lipinski definition) is 1. The van der Waals surface area contributed by atoms with E-state index < -0.39 is 6.10 Å². The third-order valence-corrected chi connectivity index (χ3v) is 3.85. The Kier molecular flexibility index (Phi) is 4.96. The minimum atomic E-state index is -0.509. The highest BCUT2D eigenvalue weighted by atomic mass is 16.3. The summed E-state index contributed by atoms with van der Waals surface area (Å²) in [6.07, 6.45) is 6.29. The molecule has 0 aliphatic rings. The third-order valence-electron chi connectivity index (χ3n) is 3.85. The number of imidazole rings is 1. The normalized spacial score (nSPS) is 14.2. The van der Waals surface area contributed by atoms with Gasteiger partial charge in [0.25, 0.3) is 0 Å². The van der Waals surface area contributed by atoms with Crippen LogP contribution in [0.3, 0.4) is 0 Å². The van der Waals surface area contributed by atoms with E-state index in [9.17, 15) is 5.11 Å². The SMILES string of the molecule is CCCc1nccn1C(C)C(O)c1ccc(CC)cc1. The molecule has 0 saturated heterocycles. The van der Waals surface area contributed by atoms with Crippen molar-refractivity contribution in [2.75, 3.05) is 0 Å². The highest BCUT2D eigenvalue weighted by Gasteiger charge is 2.19. The first-order valence-corrected chi connectivity index (χ1v) is 7.46. The van der Waals surface area contributed by atoms with E-state index in [0.29, 0.717) is 0 Å². The molecule has 0 amide bonds. The Bertz CT molecular complexity index is 530. The maximum absolute atomic E-state index is 10.6. The van der Waals surface area contributed by atoms with Crippen molar-refractivity contribution in [2.24, 2.45) is 0 Å². The van der Waals surface area contributed by atoms with Crippen molar-refractivity contribution in [1.29, 1.82) is 0 Å².